The zero-order valence-electron chi connectivity index (χ0n) is 13.1. The molecule has 0 saturated carbocycles. The number of nitrogens with zero attached hydrogens (tertiary/aromatic N) is 3. The van der Waals surface area contributed by atoms with Crippen LogP contribution in [0.1, 0.15) is 30.1 Å². The van der Waals surface area contributed by atoms with E-state index in [1.807, 2.05) is 6.92 Å². The van der Waals surface area contributed by atoms with Crippen molar-refractivity contribution in [3.05, 3.63) is 46.3 Å². The third-order valence-electron chi connectivity index (χ3n) is 3.15. The molecule has 0 fully saturated rings. The quantitative estimate of drug-likeness (QED) is 0.342. The van der Waals surface area contributed by atoms with E-state index in [1.54, 1.807) is 24.3 Å². The Kier molecular flexibility index (Phi) is 5.61. The van der Waals surface area contributed by atoms with Crippen molar-refractivity contribution in [2.24, 2.45) is 0 Å². The summed E-state index contributed by atoms with van der Waals surface area (Å²) >= 11 is 0. The van der Waals surface area contributed by atoms with Crippen molar-refractivity contribution >= 4 is 29.0 Å². The lowest BCUT2D eigenvalue weighted by Gasteiger charge is -2.08. The molecule has 9 nitrogen and oxygen atoms in total. The van der Waals surface area contributed by atoms with E-state index in [0.717, 1.165) is 19.2 Å². The summed E-state index contributed by atoms with van der Waals surface area (Å²) in [4.78, 5) is 29.6. The summed E-state index contributed by atoms with van der Waals surface area (Å²) in [6, 6.07) is 6.32. The van der Waals surface area contributed by atoms with E-state index >= 15 is 0 Å². The first kappa shape index (κ1) is 17.1. The van der Waals surface area contributed by atoms with Gasteiger partial charge in [-0.05, 0) is 30.7 Å². The van der Waals surface area contributed by atoms with Gasteiger partial charge in [-0.15, -0.1) is 0 Å². The van der Waals surface area contributed by atoms with Gasteiger partial charge in [-0.1, -0.05) is 13.3 Å². The highest BCUT2D eigenvalue weighted by atomic mass is 16.6. The maximum absolute atomic E-state index is 11.8. The van der Waals surface area contributed by atoms with Crippen LogP contribution >= 0.6 is 0 Å². The number of esters is 1. The summed E-state index contributed by atoms with van der Waals surface area (Å²) in [6.45, 7) is 2.38. The molecule has 0 saturated heterocycles. The van der Waals surface area contributed by atoms with Crippen LogP contribution in [0.4, 0.5) is 23.0 Å². The van der Waals surface area contributed by atoms with E-state index in [1.165, 1.54) is 0 Å². The lowest BCUT2D eigenvalue weighted by atomic mass is 10.2. The molecule has 0 bridgehead atoms. The molecule has 0 aliphatic carbocycles. The number of unbranched alkanes of at least 4 members (excludes halogenated alkanes) is 1. The average Bonchev–Trinajstić information content (AvgIpc) is 2.55. The van der Waals surface area contributed by atoms with E-state index in [0.29, 0.717) is 17.9 Å². The number of nitrogens with one attached hydrogen (secondary N) is 1. The first-order valence-electron chi connectivity index (χ1n) is 7.32. The molecule has 9 heteroatoms. The maximum atomic E-state index is 11.8. The second-order valence-corrected chi connectivity index (χ2v) is 4.91. The lowest BCUT2D eigenvalue weighted by Crippen LogP contribution is -2.07. The van der Waals surface area contributed by atoms with Crippen LogP contribution in [0.15, 0.2) is 30.6 Å². The standard InChI is InChI=1S/C15H17N5O4/c1-2-3-8-24-15(21)10-4-6-11(7-5-10)19-14-12(20(22)23)13(16)17-9-18-14/h4-7,9H,2-3,8H2,1H3,(H3,16,17,18,19). The summed E-state index contributed by atoms with van der Waals surface area (Å²) in [7, 11) is 0. The van der Waals surface area contributed by atoms with E-state index < -0.39 is 16.6 Å². The summed E-state index contributed by atoms with van der Waals surface area (Å²) in [6.07, 6.45) is 2.88. The molecular formula is C15H17N5O4. The van der Waals surface area contributed by atoms with Crippen molar-refractivity contribution in [1.29, 1.82) is 0 Å². The number of aromatic nitrogens is 2. The van der Waals surface area contributed by atoms with Gasteiger partial charge in [0, 0.05) is 5.69 Å². The van der Waals surface area contributed by atoms with Crippen LogP contribution in [0.3, 0.4) is 0 Å². The van der Waals surface area contributed by atoms with Gasteiger partial charge in [0.25, 0.3) is 0 Å². The van der Waals surface area contributed by atoms with Gasteiger partial charge in [0.1, 0.15) is 6.33 Å². The fraction of sp³-hybridized carbons (Fsp3) is 0.267. The highest BCUT2D eigenvalue weighted by Crippen LogP contribution is 2.29. The Hall–Kier alpha value is -3.23. The molecule has 0 spiro atoms. The summed E-state index contributed by atoms with van der Waals surface area (Å²) in [5, 5.41) is 13.8. The molecule has 3 N–H and O–H groups in total. The van der Waals surface area contributed by atoms with Gasteiger partial charge in [-0.25, -0.2) is 14.8 Å². The van der Waals surface area contributed by atoms with Gasteiger partial charge >= 0.3 is 11.7 Å². The Bertz CT molecular complexity index is 733. The predicted molar refractivity (Wildman–Crippen MR) is 88.0 cm³/mol. The molecular weight excluding hydrogens is 314 g/mol. The van der Waals surface area contributed by atoms with Gasteiger partial charge in [0.05, 0.1) is 17.1 Å². The van der Waals surface area contributed by atoms with Crippen molar-refractivity contribution in [3.8, 4) is 0 Å². The summed E-state index contributed by atoms with van der Waals surface area (Å²) in [5.41, 5.74) is 6.01. The Morgan fingerprint density at radius 3 is 2.67 bits per heavy atom. The van der Waals surface area contributed by atoms with Crippen molar-refractivity contribution in [2.75, 3.05) is 17.7 Å². The molecule has 0 atom stereocenters. The average molecular weight is 331 g/mol. The Morgan fingerprint density at radius 1 is 1.33 bits per heavy atom. The van der Waals surface area contributed by atoms with Crippen molar-refractivity contribution < 1.29 is 14.5 Å². The fourth-order valence-corrected chi connectivity index (χ4v) is 1.88. The number of rotatable bonds is 7. The highest BCUT2D eigenvalue weighted by molar-refractivity contribution is 5.90. The molecule has 1 aromatic carbocycles. The van der Waals surface area contributed by atoms with Crippen LogP contribution in [-0.2, 0) is 4.74 Å². The third-order valence-corrected chi connectivity index (χ3v) is 3.15. The van der Waals surface area contributed by atoms with Crippen LogP contribution in [0, 0.1) is 10.1 Å². The fourth-order valence-electron chi connectivity index (χ4n) is 1.88. The van der Waals surface area contributed by atoms with E-state index in [-0.39, 0.29) is 11.6 Å². The monoisotopic (exact) mass is 331 g/mol. The number of anilines is 3. The predicted octanol–water partition coefficient (Wildman–Crippen LogP) is 2.67. The van der Waals surface area contributed by atoms with Crippen LogP contribution in [0.2, 0.25) is 0 Å². The molecule has 0 amide bonds. The zero-order chi connectivity index (χ0) is 17.5. The molecule has 0 radical (unpaired) electrons. The molecule has 1 heterocycles. The minimum Gasteiger partial charge on any atom is -0.462 e. The van der Waals surface area contributed by atoms with E-state index in [9.17, 15) is 14.9 Å². The van der Waals surface area contributed by atoms with Gasteiger partial charge in [0.15, 0.2) is 0 Å². The van der Waals surface area contributed by atoms with Crippen molar-refractivity contribution in [2.45, 2.75) is 19.8 Å². The number of ether oxygens (including phenoxy) is 1. The first-order chi connectivity index (χ1) is 11.5. The number of hydrogen-bond acceptors (Lipinski definition) is 8. The second kappa shape index (κ2) is 7.86. The van der Waals surface area contributed by atoms with Crippen LogP contribution in [0.5, 0.6) is 0 Å². The topological polar surface area (TPSA) is 133 Å². The van der Waals surface area contributed by atoms with Crippen molar-refractivity contribution in [3.63, 3.8) is 0 Å². The first-order valence-corrected chi connectivity index (χ1v) is 7.32. The molecule has 1 aromatic heterocycles. The number of carbonyl (C=O) groups is 1. The van der Waals surface area contributed by atoms with Gasteiger partial charge in [0.2, 0.25) is 11.6 Å². The smallest absolute Gasteiger partial charge is 0.353 e. The lowest BCUT2D eigenvalue weighted by molar-refractivity contribution is -0.383. The van der Waals surface area contributed by atoms with E-state index in [2.05, 4.69) is 15.3 Å². The van der Waals surface area contributed by atoms with E-state index in [4.69, 9.17) is 10.5 Å². The number of carbonyl (C=O) groups excluding carboxylic acids is 1. The number of nitrogen functional groups attached to an aromatic ring is 1. The molecule has 0 aliphatic heterocycles. The molecule has 0 unspecified atom stereocenters. The van der Waals surface area contributed by atoms with Crippen LogP contribution in [-0.4, -0.2) is 27.5 Å². The minimum absolute atomic E-state index is 0.0224. The number of nitro groups is 1. The molecule has 2 rings (SSSR count). The highest BCUT2D eigenvalue weighted by Gasteiger charge is 2.21. The van der Waals surface area contributed by atoms with Crippen molar-refractivity contribution in [1.82, 2.24) is 9.97 Å². The Morgan fingerprint density at radius 2 is 2.04 bits per heavy atom. The maximum Gasteiger partial charge on any atom is 0.353 e. The SMILES string of the molecule is CCCCOC(=O)c1ccc(Nc2ncnc(N)c2[N+](=O)[O-])cc1. The number of benzene rings is 1. The second-order valence-electron chi connectivity index (χ2n) is 4.91. The van der Waals surface area contributed by atoms with Gasteiger partial charge in [-0.3, -0.25) is 10.1 Å². The molecule has 24 heavy (non-hydrogen) atoms. The third kappa shape index (κ3) is 4.15. The van der Waals surface area contributed by atoms with Crippen LogP contribution in [0.25, 0.3) is 0 Å². The molecule has 0 aliphatic rings. The minimum atomic E-state index is -0.656. The Labute approximate surface area is 138 Å². The molecule has 2 aromatic rings. The van der Waals surface area contributed by atoms with Crippen LogP contribution < -0.4 is 11.1 Å². The number of hydrogen-bond donors (Lipinski definition) is 2. The summed E-state index contributed by atoms with van der Waals surface area (Å²) < 4.78 is 5.11. The molecule has 126 valence electrons. The largest absolute Gasteiger partial charge is 0.462 e. The Balaban J connectivity index is 2.11. The normalized spacial score (nSPS) is 10.2. The van der Waals surface area contributed by atoms with Gasteiger partial charge < -0.3 is 15.8 Å². The summed E-state index contributed by atoms with van der Waals surface area (Å²) in [5.74, 6) is -0.661. The number of nitrogens with two attached hydrogens (primary N) is 1. The van der Waals surface area contributed by atoms with Gasteiger partial charge in [-0.2, -0.15) is 0 Å². The zero-order valence-corrected chi connectivity index (χ0v) is 13.1.